The molecule has 1 aromatic rings. The molecule has 0 radical (unpaired) electrons. The maximum atomic E-state index is 12.7. The van der Waals surface area contributed by atoms with Gasteiger partial charge < -0.3 is 10.0 Å². The number of alkyl halides is 3. The quantitative estimate of drug-likeness (QED) is 0.685. The SMILES string of the molecule is CC(O)CN(C)c1cc(Cl)c(C(F)(F)F)cc1[N+](=O)[O-]. The minimum absolute atomic E-state index is 0.0164. The Morgan fingerprint density at radius 1 is 1.50 bits per heavy atom. The van der Waals surface area contributed by atoms with Crippen LogP contribution in [0.15, 0.2) is 12.1 Å². The number of nitrogens with zero attached hydrogens (tertiary/aromatic N) is 2. The fraction of sp³-hybridized carbons (Fsp3) is 0.455. The van der Waals surface area contributed by atoms with Gasteiger partial charge in [-0.25, -0.2) is 0 Å². The third kappa shape index (κ3) is 3.73. The van der Waals surface area contributed by atoms with Crippen LogP contribution in [0.2, 0.25) is 5.02 Å². The smallest absolute Gasteiger partial charge is 0.392 e. The molecule has 0 saturated heterocycles. The van der Waals surface area contributed by atoms with Gasteiger partial charge in [0.25, 0.3) is 5.69 Å². The maximum Gasteiger partial charge on any atom is 0.418 e. The van der Waals surface area contributed by atoms with Gasteiger partial charge in [-0.05, 0) is 13.0 Å². The molecule has 0 aliphatic heterocycles. The predicted molar refractivity (Wildman–Crippen MR) is 68.1 cm³/mol. The Hall–Kier alpha value is -1.54. The monoisotopic (exact) mass is 312 g/mol. The number of anilines is 1. The van der Waals surface area contributed by atoms with Crippen molar-refractivity contribution in [1.82, 2.24) is 0 Å². The van der Waals surface area contributed by atoms with Crippen LogP contribution in [0.3, 0.4) is 0 Å². The molecule has 1 N–H and O–H groups in total. The van der Waals surface area contributed by atoms with Crippen LogP contribution in [0, 0.1) is 10.1 Å². The molecular weight excluding hydrogens is 301 g/mol. The van der Waals surface area contributed by atoms with Gasteiger partial charge in [0, 0.05) is 19.7 Å². The Morgan fingerprint density at radius 3 is 2.45 bits per heavy atom. The second kappa shape index (κ2) is 5.84. The van der Waals surface area contributed by atoms with Gasteiger partial charge in [-0.2, -0.15) is 13.2 Å². The first kappa shape index (κ1) is 16.5. The molecule has 0 spiro atoms. The van der Waals surface area contributed by atoms with E-state index in [2.05, 4.69) is 0 Å². The lowest BCUT2D eigenvalue weighted by Crippen LogP contribution is -2.27. The Labute approximate surface area is 117 Å². The van der Waals surface area contributed by atoms with E-state index in [0.717, 1.165) is 6.07 Å². The fourth-order valence-electron chi connectivity index (χ4n) is 1.72. The van der Waals surface area contributed by atoms with Crippen molar-refractivity contribution in [2.75, 3.05) is 18.5 Å². The van der Waals surface area contributed by atoms with Crippen LogP contribution in [0.4, 0.5) is 24.5 Å². The minimum atomic E-state index is -4.77. The standard InChI is InChI=1S/C11H12ClF3N2O3/c1-6(18)5-16(2)9-4-8(12)7(11(13,14)15)3-10(9)17(19)20/h3-4,6,18H,5H2,1-2H3. The summed E-state index contributed by atoms with van der Waals surface area (Å²) in [6.07, 6.45) is -5.58. The first-order valence-corrected chi connectivity index (χ1v) is 5.86. The van der Waals surface area contributed by atoms with Gasteiger partial charge in [-0.15, -0.1) is 0 Å². The number of aliphatic hydroxyl groups is 1. The molecule has 0 aliphatic carbocycles. The first-order valence-electron chi connectivity index (χ1n) is 5.48. The molecule has 20 heavy (non-hydrogen) atoms. The van der Waals surface area contributed by atoms with E-state index in [1.807, 2.05) is 0 Å². The highest BCUT2D eigenvalue weighted by Gasteiger charge is 2.36. The predicted octanol–water partition coefficient (Wildman–Crippen LogP) is 3.08. The zero-order chi connectivity index (χ0) is 15.7. The number of likely N-dealkylation sites (N-methyl/N-ethyl adjacent to an activating group) is 1. The number of halogens is 4. The molecule has 1 aromatic carbocycles. The number of nitro groups is 1. The second-order valence-corrected chi connectivity index (χ2v) is 4.71. The molecule has 0 bridgehead atoms. The summed E-state index contributed by atoms with van der Waals surface area (Å²) in [6.45, 7) is 1.47. The molecule has 5 nitrogen and oxygen atoms in total. The number of benzene rings is 1. The van der Waals surface area contributed by atoms with Gasteiger partial charge in [0.05, 0.1) is 21.6 Å². The first-order chi connectivity index (χ1) is 9.04. The molecule has 0 saturated carbocycles. The Morgan fingerprint density at radius 2 is 2.05 bits per heavy atom. The minimum Gasteiger partial charge on any atom is -0.392 e. The third-order valence-corrected chi connectivity index (χ3v) is 2.83. The van der Waals surface area contributed by atoms with Crippen LogP contribution in [0.25, 0.3) is 0 Å². The Bertz CT molecular complexity index is 520. The van der Waals surface area contributed by atoms with Crippen molar-refractivity contribution < 1.29 is 23.2 Å². The third-order valence-electron chi connectivity index (χ3n) is 2.52. The molecule has 9 heteroatoms. The van der Waals surface area contributed by atoms with Crippen molar-refractivity contribution in [3.05, 3.63) is 32.8 Å². The number of hydrogen-bond donors (Lipinski definition) is 1. The van der Waals surface area contributed by atoms with Gasteiger partial charge >= 0.3 is 6.18 Å². The van der Waals surface area contributed by atoms with E-state index in [9.17, 15) is 28.4 Å². The highest BCUT2D eigenvalue weighted by atomic mass is 35.5. The van der Waals surface area contributed by atoms with Crippen molar-refractivity contribution in [1.29, 1.82) is 0 Å². The number of rotatable bonds is 4. The molecule has 1 rings (SSSR count). The van der Waals surface area contributed by atoms with E-state index in [0.29, 0.717) is 6.07 Å². The van der Waals surface area contributed by atoms with Crippen LogP contribution in [0.1, 0.15) is 12.5 Å². The topological polar surface area (TPSA) is 66.6 Å². The Balaban J connectivity index is 3.39. The fourth-order valence-corrected chi connectivity index (χ4v) is 1.98. The van der Waals surface area contributed by atoms with E-state index in [-0.39, 0.29) is 12.2 Å². The highest BCUT2D eigenvalue weighted by Crippen LogP contribution is 2.41. The average molecular weight is 313 g/mol. The lowest BCUT2D eigenvalue weighted by molar-refractivity contribution is -0.384. The van der Waals surface area contributed by atoms with Gasteiger partial charge in [0.2, 0.25) is 0 Å². The van der Waals surface area contributed by atoms with Crippen LogP contribution < -0.4 is 4.90 Å². The van der Waals surface area contributed by atoms with E-state index in [1.54, 1.807) is 0 Å². The zero-order valence-corrected chi connectivity index (χ0v) is 11.4. The van der Waals surface area contributed by atoms with Crippen molar-refractivity contribution in [3.8, 4) is 0 Å². The van der Waals surface area contributed by atoms with E-state index in [1.165, 1.54) is 18.9 Å². The highest BCUT2D eigenvalue weighted by molar-refractivity contribution is 6.31. The maximum absolute atomic E-state index is 12.7. The summed E-state index contributed by atoms with van der Waals surface area (Å²) >= 11 is 5.54. The van der Waals surface area contributed by atoms with Gasteiger partial charge in [-0.3, -0.25) is 10.1 Å². The van der Waals surface area contributed by atoms with Crippen molar-refractivity contribution in [2.45, 2.75) is 19.2 Å². The number of hydrogen-bond acceptors (Lipinski definition) is 4. The number of aliphatic hydroxyl groups excluding tert-OH is 1. The molecule has 0 aromatic heterocycles. The van der Waals surface area contributed by atoms with Crippen molar-refractivity contribution in [2.24, 2.45) is 0 Å². The van der Waals surface area contributed by atoms with Crippen LogP contribution in [0.5, 0.6) is 0 Å². The number of nitro benzene ring substituents is 1. The summed E-state index contributed by atoms with van der Waals surface area (Å²) in [5, 5.41) is 19.5. The van der Waals surface area contributed by atoms with E-state index < -0.39 is 33.5 Å². The molecule has 0 heterocycles. The van der Waals surface area contributed by atoms with Crippen molar-refractivity contribution in [3.63, 3.8) is 0 Å². The van der Waals surface area contributed by atoms with E-state index in [4.69, 9.17) is 11.6 Å². The summed E-state index contributed by atoms with van der Waals surface area (Å²) in [5.41, 5.74) is -2.07. The molecule has 112 valence electrons. The van der Waals surface area contributed by atoms with Crippen LogP contribution in [-0.4, -0.2) is 29.7 Å². The summed E-state index contributed by atoms with van der Waals surface area (Å²) < 4.78 is 38.0. The van der Waals surface area contributed by atoms with Crippen molar-refractivity contribution >= 4 is 23.0 Å². The molecular formula is C11H12ClF3N2O3. The summed E-state index contributed by atoms with van der Waals surface area (Å²) in [5.74, 6) is 0. The lowest BCUT2D eigenvalue weighted by atomic mass is 10.1. The molecule has 0 fully saturated rings. The molecule has 1 unspecified atom stereocenters. The van der Waals surface area contributed by atoms with Crippen LogP contribution >= 0.6 is 11.6 Å². The molecule has 0 aliphatic rings. The second-order valence-electron chi connectivity index (χ2n) is 4.31. The molecule has 0 amide bonds. The lowest BCUT2D eigenvalue weighted by Gasteiger charge is -2.22. The zero-order valence-electron chi connectivity index (χ0n) is 10.6. The molecule has 1 atom stereocenters. The van der Waals surface area contributed by atoms with E-state index >= 15 is 0 Å². The van der Waals surface area contributed by atoms with Gasteiger partial charge in [0.1, 0.15) is 5.69 Å². The normalized spacial score (nSPS) is 13.2. The summed E-state index contributed by atoms with van der Waals surface area (Å²) in [7, 11) is 1.42. The van der Waals surface area contributed by atoms with Crippen LogP contribution in [-0.2, 0) is 6.18 Å². The summed E-state index contributed by atoms with van der Waals surface area (Å²) in [4.78, 5) is 11.3. The van der Waals surface area contributed by atoms with Gasteiger partial charge in [0.15, 0.2) is 0 Å². The Kier molecular flexibility index (Phi) is 4.82. The van der Waals surface area contributed by atoms with Gasteiger partial charge in [-0.1, -0.05) is 11.6 Å². The average Bonchev–Trinajstić information content (AvgIpc) is 2.25. The summed E-state index contributed by atoms with van der Waals surface area (Å²) in [6, 6.07) is 1.28. The largest absolute Gasteiger partial charge is 0.418 e.